The fourth-order valence-corrected chi connectivity index (χ4v) is 3.18. The van der Waals surface area contributed by atoms with E-state index in [4.69, 9.17) is 5.11 Å². The van der Waals surface area contributed by atoms with Gasteiger partial charge in [0.2, 0.25) is 0 Å². The molecular weight excluding hydrogens is 280 g/mol. The molecule has 2 atom stereocenters. The van der Waals surface area contributed by atoms with E-state index in [0.29, 0.717) is 18.5 Å². The maximum atomic E-state index is 12.4. The fraction of sp³-hybridized carbons (Fsp3) is 0.412. The molecule has 5 nitrogen and oxygen atoms in total. The van der Waals surface area contributed by atoms with Gasteiger partial charge >= 0.3 is 5.97 Å². The molecule has 5 heteroatoms. The van der Waals surface area contributed by atoms with Crippen LogP contribution in [-0.2, 0) is 4.79 Å². The molecule has 1 aromatic carbocycles. The maximum absolute atomic E-state index is 12.4. The number of hydrogen-bond donors (Lipinski definition) is 3. The lowest BCUT2D eigenvalue weighted by Gasteiger charge is -2.11. The molecule has 1 heterocycles. The average Bonchev–Trinajstić information content (AvgIpc) is 3.09. The molecule has 0 aliphatic heterocycles. The van der Waals surface area contributed by atoms with E-state index < -0.39 is 5.97 Å². The van der Waals surface area contributed by atoms with E-state index in [1.807, 2.05) is 32.0 Å². The molecule has 2 aromatic rings. The van der Waals surface area contributed by atoms with Crippen molar-refractivity contribution in [2.75, 3.05) is 0 Å². The molecule has 1 fully saturated rings. The van der Waals surface area contributed by atoms with E-state index in [1.165, 1.54) is 11.1 Å². The van der Waals surface area contributed by atoms with Crippen molar-refractivity contribution in [1.29, 1.82) is 0 Å². The summed E-state index contributed by atoms with van der Waals surface area (Å²) < 4.78 is 0. The van der Waals surface area contributed by atoms with Crippen molar-refractivity contribution in [3.63, 3.8) is 0 Å². The first-order valence-corrected chi connectivity index (χ1v) is 7.58. The van der Waals surface area contributed by atoms with Gasteiger partial charge in [-0.05, 0) is 56.4 Å². The number of benzene rings is 1. The number of hydrogen-bond acceptors (Lipinski definition) is 2. The monoisotopic (exact) mass is 300 g/mol. The fourth-order valence-electron chi connectivity index (χ4n) is 3.18. The highest BCUT2D eigenvalue weighted by Gasteiger charge is 2.30. The maximum Gasteiger partial charge on any atom is 0.306 e. The summed E-state index contributed by atoms with van der Waals surface area (Å²) in [6.07, 6.45) is 1.87. The zero-order chi connectivity index (χ0) is 15.9. The zero-order valence-corrected chi connectivity index (χ0v) is 12.8. The number of nitrogens with one attached hydrogen (secondary N) is 2. The highest BCUT2D eigenvalue weighted by Crippen LogP contribution is 2.26. The highest BCUT2D eigenvalue weighted by molar-refractivity contribution is 5.99. The Morgan fingerprint density at radius 1 is 1.27 bits per heavy atom. The van der Waals surface area contributed by atoms with Crippen LogP contribution in [0.2, 0.25) is 0 Å². The summed E-state index contributed by atoms with van der Waals surface area (Å²) in [4.78, 5) is 26.5. The van der Waals surface area contributed by atoms with Gasteiger partial charge in [-0.3, -0.25) is 9.59 Å². The third kappa shape index (κ3) is 2.58. The molecule has 1 aliphatic rings. The highest BCUT2D eigenvalue weighted by atomic mass is 16.4. The molecule has 1 saturated carbocycles. The second kappa shape index (κ2) is 5.48. The van der Waals surface area contributed by atoms with Gasteiger partial charge in [-0.15, -0.1) is 0 Å². The summed E-state index contributed by atoms with van der Waals surface area (Å²) in [7, 11) is 0. The van der Waals surface area contributed by atoms with Gasteiger partial charge in [0.25, 0.3) is 5.91 Å². The molecule has 1 amide bonds. The van der Waals surface area contributed by atoms with Crippen molar-refractivity contribution in [3.05, 3.63) is 35.0 Å². The van der Waals surface area contributed by atoms with Crippen molar-refractivity contribution in [2.45, 2.75) is 39.2 Å². The second-order valence-corrected chi connectivity index (χ2v) is 6.17. The molecule has 0 saturated heterocycles. The number of aryl methyl sites for hydroxylation is 2. The summed E-state index contributed by atoms with van der Waals surface area (Å²) >= 11 is 0. The zero-order valence-electron chi connectivity index (χ0n) is 12.8. The summed E-state index contributed by atoms with van der Waals surface area (Å²) in [5.74, 6) is -1.27. The minimum atomic E-state index is -0.770. The number of carbonyl (C=O) groups excluding carboxylic acids is 1. The van der Waals surface area contributed by atoms with Gasteiger partial charge in [-0.2, -0.15) is 0 Å². The van der Waals surface area contributed by atoms with Crippen LogP contribution in [0.25, 0.3) is 10.9 Å². The van der Waals surface area contributed by atoms with Crippen LogP contribution < -0.4 is 5.32 Å². The number of amides is 1. The Labute approximate surface area is 128 Å². The molecule has 22 heavy (non-hydrogen) atoms. The average molecular weight is 300 g/mol. The molecule has 116 valence electrons. The molecule has 0 bridgehead atoms. The van der Waals surface area contributed by atoms with Crippen molar-refractivity contribution in [3.8, 4) is 0 Å². The molecule has 1 aromatic heterocycles. The van der Waals surface area contributed by atoms with Gasteiger partial charge in [0, 0.05) is 16.9 Å². The number of rotatable bonds is 3. The number of aliphatic carboxylic acids is 1. The quantitative estimate of drug-likeness (QED) is 0.815. The molecule has 3 rings (SSSR count). The molecule has 3 N–H and O–H groups in total. The standard InChI is InChI=1S/C17H20N2O3/c1-9-3-6-14-13(10(9)2)8-15(19-14)16(20)18-12-5-4-11(7-12)17(21)22/h3,6,8,11-12,19H,4-5,7H2,1-2H3,(H,18,20)(H,21,22)/t11-,12+/m1/s1. The number of fused-ring (bicyclic) bond motifs is 1. The summed E-state index contributed by atoms with van der Waals surface area (Å²) in [6.45, 7) is 4.09. The van der Waals surface area contributed by atoms with Gasteiger partial charge in [-0.1, -0.05) is 6.07 Å². The first kappa shape index (κ1) is 14.6. The third-order valence-electron chi connectivity index (χ3n) is 4.71. The number of H-pyrrole nitrogens is 1. The molecule has 0 spiro atoms. The normalized spacial score (nSPS) is 21.2. The Balaban J connectivity index is 1.76. The Hall–Kier alpha value is -2.30. The van der Waals surface area contributed by atoms with Crippen molar-refractivity contribution in [2.24, 2.45) is 5.92 Å². The van der Waals surface area contributed by atoms with Gasteiger partial charge in [0.05, 0.1) is 5.92 Å². The predicted molar refractivity (Wildman–Crippen MR) is 84.0 cm³/mol. The molecule has 0 radical (unpaired) electrons. The Kier molecular flexibility index (Phi) is 3.64. The van der Waals surface area contributed by atoms with Crippen LogP contribution in [0.4, 0.5) is 0 Å². The molecular formula is C17H20N2O3. The lowest BCUT2D eigenvalue weighted by molar-refractivity contribution is -0.141. The van der Waals surface area contributed by atoms with E-state index >= 15 is 0 Å². The van der Waals surface area contributed by atoms with Crippen molar-refractivity contribution < 1.29 is 14.7 Å². The second-order valence-electron chi connectivity index (χ2n) is 6.17. The third-order valence-corrected chi connectivity index (χ3v) is 4.71. The van der Waals surface area contributed by atoms with E-state index in [1.54, 1.807) is 0 Å². The van der Waals surface area contributed by atoms with Crippen LogP contribution in [0, 0.1) is 19.8 Å². The van der Waals surface area contributed by atoms with Gasteiger partial charge in [-0.25, -0.2) is 0 Å². The van der Waals surface area contributed by atoms with E-state index in [0.717, 1.165) is 17.3 Å². The summed E-state index contributed by atoms with van der Waals surface area (Å²) in [5, 5.41) is 13.0. The lowest BCUT2D eigenvalue weighted by atomic mass is 10.1. The van der Waals surface area contributed by atoms with Crippen LogP contribution in [0.15, 0.2) is 18.2 Å². The summed E-state index contributed by atoms with van der Waals surface area (Å²) in [6, 6.07) is 5.83. The minimum Gasteiger partial charge on any atom is -0.481 e. The lowest BCUT2D eigenvalue weighted by Crippen LogP contribution is -2.33. The Bertz CT molecular complexity index is 748. The molecule has 1 aliphatic carbocycles. The van der Waals surface area contributed by atoms with E-state index in [9.17, 15) is 9.59 Å². The van der Waals surface area contributed by atoms with Gasteiger partial charge in [0.1, 0.15) is 5.69 Å². The number of aromatic amines is 1. The Morgan fingerprint density at radius 2 is 2.05 bits per heavy atom. The topological polar surface area (TPSA) is 82.2 Å². The number of aromatic nitrogens is 1. The predicted octanol–water partition coefficient (Wildman–Crippen LogP) is 2.77. The van der Waals surface area contributed by atoms with Crippen molar-refractivity contribution in [1.82, 2.24) is 10.3 Å². The van der Waals surface area contributed by atoms with Crippen LogP contribution in [0.3, 0.4) is 0 Å². The van der Waals surface area contributed by atoms with Crippen molar-refractivity contribution >= 4 is 22.8 Å². The SMILES string of the molecule is Cc1ccc2[nH]c(C(=O)N[C@H]3CC[C@@H](C(=O)O)C3)cc2c1C. The Morgan fingerprint density at radius 3 is 2.73 bits per heavy atom. The van der Waals surface area contributed by atoms with Crippen LogP contribution in [0.5, 0.6) is 0 Å². The van der Waals surface area contributed by atoms with Crippen LogP contribution in [-0.4, -0.2) is 28.0 Å². The number of carbonyl (C=O) groups is 2. The van der Waals surface area contributed by atoms with E-state index in [2.05, 4.69) is 10.3 Å². The number of carboxylic acid groups (broad SMARTS) is 1. The minimum absolute atomic E-state index is 0.0529. The van der Waals surface area contributed by atoms with Gasteiger partial charge in [0.15, 0.2) is 0 Å². The van der Waals surface area contributed by atoms with Gasteiger partial charge < -0.3 is 15.4 Å². The largest absolute Gasteiger partial charge is 0.481 e. The van der Waals surface area contributed by atoms with Crippen LogP contribution >= 0.6 is 0 Å². The number of carboxylic acids is 1. The van der Waals surface area contributed by atoms with E-state index in [-0.39, 0.29) is 17.9 Å². The van der Waals surface area contributed by atoms with Crippen LogP contribution in [0.1, 0.15) is 40.9 Å². The smallest absolute Gasteiger partial charge is 0.306 e. The summed E-state index contributed by atoms with van der Waals surface area (Å²) in [5.41, 5.74) is 3.84. The molecule has 0 unspecified atom stereocenters. The first-order valence-electron chi connectivity index (χ1n) is 7.58. The first-order chi connectivity index (χ1) is 10.5.